The fourth-order valence-corrected chi connectivity index (χ4v) is 3.56. The lowest BCUT2D eigenvalue weighted by Crippen LogP contribution is -2.35. The summed E-state index contributed by atoms with van der Waals surface area (Å²) in [5, 5.41) is 11.3. The molecule has 0 aliphatic heterocycles. The molecule has 0 fully saturated rings. The van der Waals surface area contributed by atoms with Gasteiger partial charge in [0, 0.05) is 17.5 Å². The Labute approximate surface area is 190 Å². The number of carbonyl (C=O) groups is 1. The van der Waals surface area contributed by atoms with E-state index in [4.69, 9.17) is 23.7 Å². The standard InChI is InChI=1S/C23H28O8S/c1-23(2,25)22(24)31-21-11-15(7-8-18(21)28-4)14-32(26)10-9-17-19(29-5)12-16(27-3)13-20(17)30-6/h7-13,25H,14H2,1-6H3. The summed E-state index contributed by atoms with van der Waals surface area (Å²) in [5.74, 6) is 1.39. The predicted molar refractivity (Wildman–Crippen MR) is 122 cm³/mol. The molecule has 2 rings (SSSR count). The van der Waals surface area contributed by atoms with Gasteiger partial charge in [0.05, 0.1) is 50.6 Å². The van der Waals surface area contributed by atoms with Crippen molar-refractivity contribution in [3.8, 4) is 28.7 Å². The van der Waals surface area contributed by atoms with Crippen LogP contribution in [0.1, 0.15) is 25.0 Å². The minimum atomic E-state index is -1.66. The van der Waals surface area contributed by atoms with E-state index in [1.54, 1.807) is 43.5 Å². The van der Waals surface area contributed by atoms with Crippen LogP contribution in [0.5, 0.6) is 28.7 Å². The summed E-state index contributed by atoms with van der Waals surface area (Å²) in [5.41, 5.74) is -0.386. The number of esters is 1. The Morgan fingerprint density at radius 1 is 0.938 bits per heavy atom. The van der Waals surface area contributed by atoms with Gasteiger partial charge in [0.1, 0.15) is 17.2 Å². The lowest BCUT2D eigenvalue weighted by atomic mass is 10.1. The molecular weight excluding hydrogens is 436 g/mol. The Kier molecular flexibility index (Phi) is 8.68. The van der Waals surface area contributed by atoms with Crippen molar-refractivity contribution in [2.24, 2.45) is 0 Å². The molecule has 1 N–H and O–H groups in total. The first-order valence-corrected chi connectivity index (χ1v) is 11.0. The fraction of sp³-hybridized carbons (Fsp3) is 0.348. The molecule has 2 aromatic carbocycles. The molecule has 0 radical (unpaired) electrons. The topological polar surface area (TPSA) is 101 Å². The first-order chi connectivity index (χ1) is 15.1. The predicted octanol–water partition coefficient (Wildman–Crippen LogP) is 3.32. The summed E-state index contributed by atoms with van der Waals surface area (Å²) >= 11 is 0. The SMILES string of the molecule is COc1cc(OC)c(C=CS(=O)Cc2ccc(OC)c(OC(=O)C(C)(C)O)c2)c(OC)c1. The highest BCUT2D eigenvalue weighted by atomic mass is 32.2. The molecule has 8 nitrogen and oxygen atoms in total. The van der Waals surface area contributed by atoms with Crippen molar-refractivity contribution >= 4 is 22.8 Å². The molecule has 1 atom stereocenters. The van der Waals surface area contributed by atoms with E-state index in [9.17, 15) is 14.1 Å². The number of aliphatic hydroxyl groups is 1. The number of hydrogen-bond donors (Lipinski definition) is 1. The van der Waals surface area contributed by atoms with Crippen molar-refractivity contribution in [3.63, 3.8) is 0 Å². The molecule has 0 saturated heterocycles. The largest absolute Gasteiger partial charge is 0.496 e. The maximum atomic E-state index is 12.7. The number of benzene rings is 2. The zero-order valence-corrected chi connectivity index (χ0v) is 19.8. The van der Waals surface area contributed by atoms with E-state index in [1.165, 1.54) is 40.6 Å². The Balaban J connectivity index is 2.24. The molecule has 0 aliphatic carbocycles. The van der Waals surface area contributed by atoms with Gasteiger partial charge in [-0.1, -0.05) is 6.07 Å². The van der Waals surface area contributed by atoms with Crippen molar-refractivity contribution < 1.29 is 37.8 Å². The monoisotopic (exact) mass is 464 g/mol. The van der Waals surface area contributed by atoms with E-state index >= 15 is 0 Å². The van der Waals surface area contributed by atoms with E-state index in [0.29, 0.717) is 34.1 Å². The molecule has 32 heavy (non-hydrogen) atoms. The molecule has 0 amide bonds. The minimum absolute atomic E-state index is 0.136. The van der Waals surface area contributed by atoms with Gasteiger partial charge in [0.15, 0.2) is 17.1 Å². The number of hydrogen-bond acceptors (Lipinski definition) is 8. The molecular formula is C23H28O8S. The summed E-state index contributed by atoms with van der Waals surface area (Å²) in [6.45, 7) is 2.65. The normalized spacial score (nSPS) is 12.3. The number of rotatable bonds is 10. The quantitative estimate of drug-likeness (QED) is 0.422. The smallest absolute Gasteiger partial charge is 0.343 e. The molecule has 0 saturated carbocycles. The molecule has 0 aromatic heterocycles. The third-order valence-corrected chi connectivity index (χ3v) is 5.44. The zero-order chi connectivity index (χ0) is 23.9. The second-order valence-corrected chi connectivity index (χ2v) is 8.53. The van der Waals surface area contributed by atoms with Gasteiger partial charge in [-0.3, -0.25) is 4.21 Å². The lowest BCUT2D eigenvalue weighted by molar-refractivity contribution is -0.151. The summed E-state index contributed by atoms with van der Waals surface area (Å²) < 4.78 is 39.2. The fourth-order valence-electron chi connectivity index (χ4n) is 2.67. The van der Waals surface area contributed by atoms with Gasteiger partial charge < -0.3 is 28.8 Å². The highest BCUT2D eigenvalue weighted by Crippen LogP contribution is 2.35. The van der Waals surface area contributed by atoms with Gasteiger partial charge in [-0.05, 0) is 37.6 Å². The van der Waals surface area contributed by atoms with Gasteiger partial charge in [-0.15, -0.1) is 0 Å². The van der Waals surface area contributed by atoms with Crippen LogP contribution in [0.2, 0.25) is 0 Å². The maximum absolute atomic E-state index is 12.7. The van der Waals surface area contributed by atoms with E-state index in [0.717, 1.165) is 0 Å². The summed E-state index contributed by atoms with van der Waals surface area (Å²) in [4.78, 5) is 12.0. The van der Waals surface area contributed by atoms with Crippen molar-refractivity contribution in [1.82, 2.24) is 0 Å². The van der Waals surface area contributed by atoms with Gasteiger partial charge in [0.2, 0.25) is 0 Å². The van der Waals surface area contributed by atoms with Crippen LogP contribution in [-0.4, -0.2) is 49.3 Å². The summed E-state index contributed by atoms with van der Waals surface area (Å²) in [6.07, 6.45) is 1.66. The van der Waals surface area contributed by atoms with Gasteiger partial charge in [-0.2, -0.15) is 0 Å². The number of methoxy groups -OCH3 is 4. The van der Waals surface area contributed by atoms with Crippen LogP contribution >= 0.6 is 0 Å². The third-order valence-electron chi connectivity index (χ3n) is 4.38. The second kappa shape index (κ2) is 11.0. The highest BCUT2D eigenvalue weighted by molar-refractivity contribution is 7.87. The molecule has 0 bridgehead atoms. The Hall–Kier alpha value is -3.04. The number of ether oxygens (including phenoxy) is 5. The van der Waals surface area contributed by atoms with Crippen LogP contribution in [0.3, 0.4) is 0 Å². The van der Waals surface area contributed by atoms with Gasteiger partial charge in [0.25, 0.3) is 0 Å². The molecule has 174 valence electrons. The molecule has 2 aromatic rings. The van der Waals surface area contributed by atoms with Crippen LogP contribution in [-0.2, 0) is 21.3 Å². The average Bonchev–Trinajstić information content (AvgIpc) is 2.76. The maximum Gasteiger partial charge on any atom is 0.343 e. The van der Waals surface area contributed by atoms with Crippen molar-refractivity contribution in [1.29, 1.82) is 0 Å². The number of carbonyl (C=O) groups excluding carboxylic acids is 1. The van der Waals surface area contributed by atoms with Crippen molar-refractivity contribution in [2.45, 2.75) is 25.2 Å². The average molecular weight is 465 g/mol. The Morgan fingerprint density at radius 2 is 1.53 bits per heavy atom. The van der Waals surface area contributed by atoms with Crippen LogP contribution in [0.25, 0.3) is 6.08 Å². The second-order valence-electron chi connectivity index (χ2n) is 7.21. The lowest BCUT2D eigenvalue weighted by Gasteiger charge is -2.17. The van der Waals surface area contributed by atoms with Crippen LogP contribution in [0.4, 0.5) is 0 Å². The highest BCUT2D eigenvalue weighted by Gasteiger charge is 2.27. The first-order valence-electron chi connectivity index (χ1n) is 9.59. The van der Waals surface area contributed by atoms with Crippen LogP contribution in [0.15, 0.2) is 35.7 Å². The van der Waals surface area contributed by atoms with Gasteiger partial charge >= 0.3 is 5.97 Å². The van der Waals surface area contributed by atoms with E-state index in [1.807, 2.05) is 0 Å². The van der Waals surface area contributed by atoms with Crippen LogP contribution in [0, 0.1) is 0 Å². The molecule has 1 unspecified atom stereocenters. The van der Waals surface area contributed by atoms with Crippen LogP contribution < -0.4 is 23.7 Å². The molecule has 0 heterocycles. The molecule has 0 aliphatic rings. The third kappa shape index (κ3) is 6.48. The molecule has 0 spiro atoms. The zero-order valence-electron chi connectivity index (χ0n) is 19.0. The van der Waals surface area contributed by atoms with E-state index < -0.39 is 22.4 Å². The first kappa shape index (κ1) is 25.2. The summed E-state index contributed by atoms with van der Waals surface area (Å²) in [6, 6.07) is 8.30. The summed E-state index contributed by atoms with van der Waals surface area (Å²) in [7, 11) is 4.63. The van der Waals surface area contributed by atoms with Crippen molar-refractivity contribution in [3.05, 3.63) is 46.9 Å². The van der Waals surface area contributed by atoms with Crippen molar-refractivity contribution in [2.75, 3.05) is 28.4 Å². The van der Waals surface area contributed by atoms with E-state index in [2.05, 4.69) is 0 Å². The molecule has 9 heteroatoms. The Morgan fingerprint density at radius 3 is 2.03 bits per heavy atom. The minimum Gasteiger partial charge on any atom is -0.496 e. The van der Waals surface area contributed by atoms with E-state index in [-0.39, 0.29) is 11.5 Å². The Bertz CT molecular complexity index is 983. The van der Waals surface area contributed by atoms with Gasteiger partial charge in [-0.25, -0.2) is 4.79 Å².